The van der Waals surface area contributed by atoms with E-state index in [2.05, 4.69) is 39.1 Å². The quantitative estimate of drug-likeness (QED) is 0.643. The Balaban J connectivity index is 1.32. The van der Waals surface area contributed by atoms with E-state index in [9.17, 15) is 0 Å². The molecule has 3 aliphatic rings. The maximum Gasteiger partial charge on any atom is 0.193 e. The Kier molecular flexibility index (Phi) is 5.16. The molecule has 1 saturated carbocycles. The molecule has 27 heavy (non-hydrogen) atoms. The highest BCUT2D eigenvalue weighted by molar-refractivity contribution is 5.80. The normalized spacial score (nSPS) is 31.3. The predicted octanol–water partition coefficient (Wildman–Crippen LogP) is 1.88. The van der Waals surface area contributed by atoms with E-state index < -0.39 is 0 Å². The third-order valence-corrected chi connectivity index (χ3v) is 6.56. The third-order valence-electron chi connectivity index (χ3n) is 6.56. The highest BCUT2D eigenvalue weighted by Gasteiger charge is 2.58. The molecule has 1 aromatic heterocycles. The first-order valence-electron chi connectivity index (χ1n) is 10.2. The zero-order valence-corrected chi connectivity index (χ0v) is 17.1. The summed E-state index contributed by atoms with van der Waals surface area (Å²) in [6.07, 6.45) is 2.83. The second-order valence-corrected chi connectivity index (χ2v) is 8.78. The van der Waals surface area contributed by atoms with Crippen LogP contribution in [0.4, 0.5) is 0 Å². The minimum atomic E-state index is 0.160. The third kappa shape index (κ3) is 3.59. The summed E-state index contributed by atoms with van der Waals surface area (Å²) in [5, 5.41) is 7.89. The second-order valence-electron chi connectivity index (χ2n) is 8.78. The van der Waals surface area contributed by atoms with Gasteiger partial charge in [-0.15, -0.1) is 0 Å². The molecule has 7 nitrogen and oxygen atoms in total. The Morgan fingerprint density at radius 3 is 2.78 bits per heavy atom. The first kappa shape index (κ1) is 18.7. The van der Waals surface area contributed by atoms with Crippen molar-refractivity contribution in [3.05, 3.63) is 17.5 Å². The first-order valence-corrected chi connectivity index (χ1v) is 10.2. The molecule has 0 amide bonds. The highest BCUT2D eigenvalue weighted by atomic mass is 16.5. The van der Waals surface area contributed by atoms with Gasteiger partial charge in [0, 0.05) is 69.8 Å². The maximum absolute atomic E-state index is 6.04. The second kappa shape index (κ2) is 7.43. The zero-order chi connectivity index (χ0) is 19.0. The summed E-state index contributed by atoms with van der Waals surface area (Å²) in [6, 6.07) is 2.46. The lowest BCUT2D eigenvalue weighted by Gasteiger charge is -2.60. The van der Waals surface area contributed by atoms with Crippen LogP contribution in [0.25, 0.3) is 0 Å². The van der Waals surface area contributed by atoms with E-state index in [0.29, 0.717) is 18.1 Å². The molecule has 0 radical (unpaired) electrons. The van der Waals surface area contributed by atoms with Gasteiger partial charge in [-0.2, -0.15) is 0 Å². The number of nitrogens with zero attached hydrogens (tertiary/aromatic N) is 4. The van der Waals surface area contributed by atoms with Gasteiger partial charge >= 0.3 is 0 Å². The maximum atomic E-state index is 6.04. The van der Waals surface area contributed by atoms with Gasteiger partial charge in [0.05, 0.1) is 11.8 Å². The molecule has 1 aromatic rings. The Morgan fingerprint density at radius 1 is 1.33 bits per heavy atom. The number of hydrogen-bond acceptors (Lipinski definition) is 5. The molecule has 0 spiro atoms. The van der Waals surface area contributed by atoms with Gasteiger partial charge in [-0.1, -0.05) is 19.0 Å². The number of rotatable bonds is 3. The van der Waals surface area contributed by atoms with Crippen molar-refractivity contribution in [3.63, 3.8) is 0 Å². The van der Waals surface area contributed by atoms with Crippen molar-refractivity contribution >= 4 is 5.96 Å². The van der Waals surface area contributed by atoms with E-state index in [1.165, 1.54) is 12.8 Å². The highest BCUT2D eigenvalue weighted by Crippen LogP contribution is 2.51. The van der Waals surface area contributed by atoms with Gasteiger partial charge in [-0.05, 0) is 19.8 Å². The number of aliphatic imine (C=N–C) groups is 1. The Morgan fingerprint density at radius 2 is 2.11 bits per heavy atom. The molecule has 0 bridgehead atoms. The van der Waals surface area contributed by atoms with Crippen LogP contribution in [0.5, 0.6) is 0 Å². The Labute approximate surface area is 162 Å². The van der Waals surface area contributed by atoms with Crippen LogP contribution in [0.3, 0.4) is 0 Å². The van der Waals surface area contributed by atoms with Crippen LogP contribution in [0.2, 0.25) is 0 Å². The molecular formula is C20H33N5O2. The van der Waals surface area contributed by atoms with E-state index >= 15 is 0 Å². The van der Waals surface area contributed by atoms with Crippen LogP contribution in [0, 0.1) is 18.3 Å². The van der Waals surface area contributed by atoms with Crippen LogP contribution in [-0.4, -0.2) is 72.9 Å². The average Bonchev–Trinajstić information content (AvgIpc) is 3.08. The Bertz CT molecular complexity index is 678. The summed E-state index contributed by atoms with van der Waals surface area (Å²) in [7, 11) is 1.90. The number of piperazine rings is 1. The summed E-state index contributed by atoms with van der Waals surface area (Å²) < 4.78 is 11.2. The summed E-state index contributed by atoms with van der Waals surface area (Å²) in [6.45, 7) is 12.3. The topological polar surface area (TPSA) is 66.1 Å². The number of aryl methyl sites for hydroxylation is 1. The van der Waals surface area contributed by atoms with Crippen molar-refractivity contribution in [1.82, 2.24) is 20.3 Å². The molecule has 7 heteroatoms. The van der Waals surface area contributed by atoms with E-state index in [-0.39, 0.29) is 5.41 Å². The van der Waals surface area contributed by atoms with Crippen LogP contribution < -0.4 is 5.32 Å². The number of nitrogens with one attached hydrogen (secondary N) is 1. The largest absolute Gasteiger partial charge is 0.377 e. The summed E-state index contributed by atoms with van der Waals surface area (Å²) >= 11 is 0. The zero-order valence-electron chi connectivity index (χ0n) is 17.1. The summed E-state index contributed by atoms with van der Waals surface area (Å²) in [5.41, 5.74) is 1.18. The van der Waals surface area contributed by atoms with Crippen molar-refractivity contribution in [3.8, 4) is 0 Å². The number of fused-ring (bicyclic) bond motifs is 1. The SMILES string of the molecule is CN=C(NC1C2CCCOC2C1(C)C)N1CCN(Cc2cc(C)on2)CC1. The van der Waals surface area contributed by atoms with Crippen molar-refractivity contribution in [2.45, 2.75) is 52.3 Å². The minimum absolute atomic E-state index is 0.160. The minimum Gasteiger partial charge on any atom is -0.377 e. The van der Waals surface area contributed by atoms with Gasteiger partial charge in [0.1, 0.15) is 5.76 Å². The molecule has 2 aliphatic heterocycles. The first-order chi connectivity index (χ1) is 13.0. The van der Waals surface area contributed by atoms with Gasteiger partial charge in [0.15, 0.2) is 5.96 Å². The van der Waals surface area contributed by atoms with E-state index in [4.69, 9.17) is 9.26 Å². The predicted molar refractivity (Wildman–Crippen MR) is 105 cm³/mol. The molecule has 1 aliphatic carbocycles. The van der Waals surface area contributed by atoms with Gasteiger partial charge in [-0.25, -0.2) is 0 Å². The lowest BCUT2D eigenvalue weighted by Crippen LogP contribution is -2.71. The average molecular weight is 376 g/mol. The van der Waals surface area contributed by atoms with E-state index in [0.717, 1.165) is 56.7 Å². The number of aromatic nitrogens is 1. The fourth-order valence-electron chi connectivity index (χ4n) is 5.09. The fraction of sp³-hybridized carbons (Fsp3) is 0.800. The smallest absolute Gasteiger partial charge is 0.193 e. The summed E-state index contributed by atoms with van der Waals surface area (Å²) in [4.78, 5) is 9.41. The number of ether oxygens (including phenoxy) is 1. The molecule has 3 unspecified atom stereocenters. The van der Waals surface area contributed by atoms with Crippen LogP contribution in [-0.2, 0) is 11.3 Å². The van der Waals surface area contributed by atoms with Crippen molar-refractivity contribution in [2.75, 3.05) is 39.8 Å². The van der Waals surface area contributed by atoms with Crippen LogP contribution in [0.15, 0.2) is 15.6 Å². The van der Waals surface area contributed by atoms with E-state index in [1.54, 1.807) is 0 Å². The molecule has 3 heterocycles. The molecule has 1 N–H and O–H groups in total. The molecule has 3 fully saturated rings. The number of hydrogen-bond donors (Lipinski definition) is 1. The van der Waals surface area contributed by atoms with Crippen molar-refractivity contribution in [1.29, 1.82) is 0 Å². The Hall–Kier alpha value is -1.60. The van der Waals surface area contributed by atoms with Gasteiger partial charge in [0.2, 0.25) is 0 Å². The molecule has 0 aromatic carbocycles. The molecule has 150 valence electrons. The van der Waals surface area contributed by atoms with Gasteiger partial charge in [0.25, 0.3) is 0 Å². The summed E-state index contributed by atoms with van der Waals surface area (Å²) in [5.74, 6) is 2.53. The van der Waals surface area contributed by atoms with Gasteiger partial charge < -0.3 is 19.5 Å². The van der Waals surface area contributed by atoms with E-state index in [1.807, 2.05) is 20.0 Å². The monoisotopic (exact) mass is 375 g/mol. The standard InChI is InChI=1S/C20H33N5O2/c1-14-12-15(23-27-14)13-24-7-9-25(10-8-24)19(21-4)22-17-16-6-5-11-26-18(16)20(17,2)3/h12,16-18H,5-11,13H2,1-4H3,(H,21,22). The van der Waals surface area contributed by atoms with Crippen LogP contribution in [0.1, 0.15) is 38.1 Å². The van der Waals surface area contributed by atoms with Crippen molar-refractivity contribution < 1.29 is 9.26 Å². The molecule has 3 atom stereocenters. The molecule has 2 saturated heterocycles. The van der Waals surface area contributed by atoms with Gasteiger partial charge in [-0.3, -0.25) is 9.89 Å². The molecule has 4 rings (SSSR count). The van der Waals surface area contributed by atoms with Crippen LogP contribution >= 0.6 is 0 Å². The van der Waals surface area contributed by atoms with Crippen molar-refractivity contribution in [2.24, 2.45) is 16.3 Å². The lowest BCUT2D eigenvalue weighted by atomic mass is 9.55. The lowest BCUT2D eigenvalue weighted by molar-refractivity contribution is -0.188. The number of guanidine groups is 1. The molecular weight excluding hydrogens is 342 g/mol. The fourth-order valence-corrected chi connectivity index (χ4v) is 5.09.